The second kappa shape index (κ2) is 9.04. The largest absolute Gasteiger partial charge is 0.372 e. The lowest BCUT2D eigenvalue weighted by molar-refractivity contribution is -0.140. The molecule has 2 heterocycles. The predicted octanol–water partition coefficient (Wildman–Crippen LogP) is 3.24. The maximum Gasteiger partial charge on any atom is 0.233 e. The smallest absolute Gasteiger partial charge is 0.233 e. The van der Waals surface area contributed by atoms with Gasteiger partial charge in [0.05, 0.1) is 18.0 Å². The number of carbonyl (C=O) groups excluding carboxylic acids is 1. The molecular formula is C19H30N4O2S. The maximum absolute atomic E-state index is 12.6. The number of allylic oxidation sites excluding steroid dienone is 1. The van der Waals surface area contributed by atoms with Crippen LogP contribution in [0.1, 0.15) is 57.7 Å². The predicted molar refractivity (Wildman–Crippen MR) is 103 cm³/mol. The highest BCUT2D eigenvalue weighted by Gasteiger charge is 2.27. The summed E-state index contributed by atoms with van der Waals surface area (Å²) in [4.78, 5) is 14.5. The van der Waals surface area contributed by atoms with Gasteiger partial charge in [-0.25, -0.2) is 0 Å². The minimum Gasteiger partial charge on any atom is -0.372 e. The molecule has 3 rings (SSSR count). The molecule has 2 aliphatic rings. The highest BCUT2D eigenvalue weighted by atomic mass is 32.2. The van der Waals surface area contributed by atoms with Gasteiger partial charge in [-0.3, -0.25) is 4.79 Å². The van der Waals surface area contributed by atoms with E-state index in [1.54, 1.807) is 0 Å². The molecule has 0 N–H and O–H groups in total. The summed E-state index contributed by atoms with van der Waals surface area (Å²) in [7, 11) is 0. The van der Waals surface area contributed by atoms with Crippen LogP contribution >= 0.6 is 11.8 Å². The quantitative estimate of drug-likeness (QED) is 0.562. The molecule has 26 heavy (non-hydrogen) atoms. The summed E-state index contributed by atoms with van der Waals surface area (Å²) < 4.78 is 7.86. The van der Waals surface area contributed by atoms with Crippen LogP contribution in [0.5, 0.6) is 0 Å². The van der Waals surface area contributed by atoms with E-state index < -0.39 is 0 Å². The van der Waals surface area contributed by atoms with Gasteiger partial charge in [-0.2, -0.15) is 0 Å². The normalized spacial score (nSPS) is 24.6. The fourth-order valence-corrected chi connectivity index (χ4v) is 4.83. The molecule has 0 unspecified atom stereocenters. The van der Waals surface area contributed by atoms with E-state index in [1.165, 1.54) is 43.9 Å². The van der Waals surface area contributed by atoms with Crippen LogP contribution < -0.4 is 0 Å². The van der Waals surface area contributed by atoms with Crippen molar-refractivity contribution in [3.8, 4) is 0 Å². The third kappa shape index (κ3) is 4.68. The van der Waals surface area contributed by atoms with Crippen molar-refractivity contribution in [3.63, 3.8) is 0 Å². The van der Waals surface area contributed by atoms with Crippen LogP contribution in [0.25, 0.3) is 0 Å². The van der Waals surface area contributed by atoms with E-state index in [2.05, 4.69) is 21.3 Å². The number of thioether (sulfide) groups is 1. The van der Waals surface area contributed by atoms with Crippen LogP contribution in [0, 0.1) is 0 Å². The van der Waals surface area contributed by atoms with Crippen molar-refractivity contribution >= 4 is 17.7 Å². The summed E-state index contributed by atoms with van der Waals surface area (Å²) in [6.45, 7) is 9.92. The molecule has 2 atom stereocenters. The van der Waals surface area contributed by atoms with E-state index >= 15 is 0 Å². The topological polar surface area (TPSA) is 60.2 Å². The van der Waals surface area contributed by atoms with E-state index in [4.69, 9.17) is 4.74 Å². The molecule has 1 aromatic heterocycles. The minimum atomic E-state index is 0.0926. The second-order valence-corrected chi connectivity index (χ2v) is 8.36. The van der Waals surface area contributed by atoms with Gasteiger partial charge in [-0.1, -0.05) is 37.1 Å². The first-order chi connectivity index (χ1) is 12.6. The molecular weight excluding hydrogens is 348 g/mol. The lowest BCUT2D eigenvalue weighted by atomic mass is 9.89. The first kappa shape index (κ1) is 19.4. The zero-order chi connectivity index (χ0) is 18.5. The number of carbonyl (C=O) groups is 1. The Balaban J connectivity index is 1.64. The Hall–Kier alpha value is -1.34. The average molecular weight is 379 g/mol. The van der Waals surface area contributed by atoms with Gasteiger partial charge in [0, 0.05) is 25.6 Å². The van der Waals surface area contributed by atoms with Crippen LogP contribution in [0.2, 0.25) is 0 Å². The van der Waals surface area contributed by atoms with Crippen molar-refractivity contribution < 1.29 is 9.53 Å². The molecule has 0 radical (unpaired) electrons. The van der Waals surface area contributed by atoms with Crippen LogP contribution in [-0.4, -0.2) is 56.6 Å². The standard InChI is InChI=1S/C19H30N4O2S/c1-4-10-23-18(16-8-6-5-7-9-16)20-21-19(23)26-13-17(24)22-11-14(2)25-15(3)12-22/h4,14-16H,1,5-13H2,2-3H3/t14-,15-/m0/s1. The Kier molecular flexibility index (Phi) is 6.75. The van der Waals surface area contributed by atoms with Gasteiger partial charge in [0.25, 0.3) is 0 Å². The van der Waals surface area contributed by atoms with Crippen molar-refractivity contribution in [1.82, 2.24) is 19.7 Å². The van der Waals surface area contributed by atoms with Gasteiger partial charge in [-0.15, -0.1) is 16.8 Å². The zero-order valence-corrected chi connectivity index (χ0v) is 16.7. The van der Waals surface area contributed by atoms with Crippen LogP contribution in [0.4, 0.5) is 0 Å². The summed E-state index contributed by atoms with van der Waals surface area (Å²) in [5, 5.41) is 9.69. The molecule has 0 aromatic carbocycles. The fourth-order valence-electron chi connectivity index (χ4n) is 3.97. The fraction of sp³-hybridized carbons (Fsp3) is 0.737. The summed E-state index contributed by atoms with van der Waals surface area (Å²) in [6.07, 6.45) is 8.28. The lowest BCUT2D eigenvalue weighted by Crippen LogP contribution is -2.48. The summed E-state index contributed by atoms with van der Waals surface area (Å²) in [5.74, 6) is 2.08. The summed E-state index contributed by atoms with van der Waals surface area (Å²) >= 11 is 1.49. The number of ether oxygens (including phenoxy) is 1. The Labute approximate surface area is 160 Å². The molecule has 0 spiro atoms. The van der Waals surface area contributed by atoms with Crippen molar-refractivity contribution in [3.05, 3.63) is 18.5 Å². The molecule has 1 amide bonds. The third-order valence-corrected chi connectivity index (χ3v) is 6.08. The van der Waals surface area contributed by atoms with E-state index in [-0.39, 0.29) is 18.1 Å². The monoisotopic (exact) mass is 378 g/mol. The first-order valence-electron chi connectivity index (χ1n) is 9.68. The van der Waals surface area contributed by atoms with Gasteiger partial charge in [0.1, 0.15) is 5.82 Å². The van der Waals surface area contributed by atoms with Crippen LogP contribution in [0.15, 0.2) is 17.8 Å². The highest BCUT2D eigenvalue weighted by molar-refractivity contribution is 7.99. The summed E-state index contributed by atoms with van der Waals surface area (Å²) in [5.41, 5.74) is 0. The number of hydrogen-bond donors (Lipinski definition) is 0. The molecule has 1 saturated carbocycles. The number of hydrogen-bond acceptors (Lipinski definition) is 5. The number of morpholine rings is 1. The van der Waals surface area contributed by atoms with E-state index in [0.717, 1.165) is 11.0 Å². The maximum atomic E-state index is 12.6. The van der Waals surface area contributed by atoms with E-state index in [0.29, 0.717) is 31.3 Å². The number of aromatic nitrogens is 3. The molecule has 0 bridgehead atoms. The molecule has 1 saturated heterocycles. The molecule has 1 aromatic rings. The van der Waals surface area contributed by atoms with Gasteiger partial charge >= 0.3 is 0 Å². The van der Waals surface area contributed by atoms with Crippen molar-refractivity contribution in [1.29, 1.82) is 0 Å². The van der Waals surface area contributed by atoms with Crippen molar-refractivity contribution in [2.75, 3.05) is 18.8 Å². The van der Waals surface area contributed by atoms with Gasteiger partial charge in [0.2, 0.25) is 5.91 Å². The molecule has 1 aliphatic heterocycles. The van der Waals surface area contributed by atoms with Gasteiger partial charge in [0.15, 0.2) is 5.16 Å². The van der Waals surface area contributed by atoms with Crippen molar-refractivity contribution in [2.24, 2.45) is 0 Å². The van der Waals surface area contributed by atoms with E-state index in [9.17, 15) is 4.79 Å². The molecule has 2 fully saturated rings. The second-order valence-electron chi connectivity index (χ2n) is 7.42. The SMILES string of the molecule is C=CCn1c(SCC(=O)N2C[C@H](C)O[C@@H](C)C2)nnc1C1CCCCC1. The van der Waals surface area contributed by atoms with Gasteiger partial charge in [-0.05, 0) is 26.7 Å². The van der Waals surface area contributed by atoms with Crippen molar-refractivity contribution in [2.45, 2.75) is 75.8 Å². The lowest BCUT2D eigenvalue weighted by Gasteiger charge is -2.35. The molecule has 144 valence electrons. The Morgan fingerprint density at radius 1 is 1.23 bits per heavy atom. The third-order valence-electron chi connectivity index (χ3n) is 5.12. The minimum absolute atomic E-state index is 0.0926. The summed E-state index contributed by atoms with van der Waals surface area (Å²) in [6, 6.07) is 0. The molecule has 7 heteroatoms. The first-order valence-corrected chi connectivity index (χ1v) is 10.7. The molecule has 6 nitrogen and oxygen atoms in total. The van der Waals surface area contributed by atoms with Gasteiger partial charge < -0.3 is 14.2 Å². The van der Waals surface area contributed by atoms with Crippen LogP contribution in [-0.2, 0) is 16.1 Å². The van der Waals surface area contributed by atoms with E-state index in [1.807, 2.05) is 24.8 Å². The molecule has 1 aliphatic carbocycles. The van der Waals surface area contributed by atoms with Crippen LogP contribution in [0.3, 0.4) is 0 Å². The Morgan fingerprint density at radius 2 is 1.92 bits per heavy atom. The Bertz CT molecular complexity index is 617. The number of amides is 1. The Morgan fingerprint density at radius 3 is 2.58 bits per heavy atom. The average Bonchev–Trinajstić information content (AvgIpc) is 3.02. The zero-order valence-electron chi connectivity index (χ0n) is 15.9. The number of rotatable bonds is 6. The number of nitrogens with zero attached hydrogens (tertiary/aromatic N) is 4. The highest BCUT2D eigenvalue weighted by Crippen LogP contribution is 2.33.